The van der Waals surface area contributed by atoms with Crippen LogP contribution in [0.5, 0.6) is 0 Å². The monoisotopic (exact) mass is 494 g/mol. The van der Waals surface area contributed by atoms with Gasteiger partial charge in [-0.3, -0.25) is 0 Å². The Morgan fingerprint density at radius 1 is 0.714 bits per heavy atom. The van der Waals surface area contributed by atoms with Crippen LogP contribution in [0.3, 0.4) is 0 Å². The summed E-state index contributed by atoms with van der Waals surface area (Å²) in [5.41, 5.74) is 0. The van der Waals surface area contributed by atoms with Crippen LogP contribution in [0, 0.1) is 12.2 Å². The molecule has 0 spiro atoms. The summed E-state index contributed by atoms with van der Waals surface area (Å²) in [6.07, 6.45) is 17.8. The summed E-state index contributed by atoms with van der Waals surface area (Å²) in [5.74, 6) is 14.4. The second-order valence-corrected chi connectivity index (χ2v) is 28.0. The van der Waals surface area contributed by atoms with Crippen molar-refractivity contribution in [3.63, 3.8) is 0 Å². The maximum atomic E-state index is 3.39. The topological polar surface area (TPSA) is 0 Å². The Balaban J connectivity index is -0.000000270. The SMILES string of the molecule is [CH3][Ge]([CH3])([CH3])[C]1=[C-]CC=C1.[CH3][Ge]([CH3])([CH3])[C]1=[C-]CC=C1.[F-].[F-].[Zr+4]. The zero-order valence-electron chi connectivity index (χ0n) is 14.0. The summed E-state index contributed by atoms with van der Waals surface area (Å²) in [6, 6.07) is 0. The van der Waals surface area contributed by atoms with E-state index in [4.69, 9.17) is 0 Å². The summed E-state index contributed by atoms with van der Waals surface area (Å²) >= 11 is -2.92. The van der Waals surface area contributed by atoms with Gasteiger partial charge in [-0.15, -0.1) is 0 Å². The average Bonchev–Trinajstić information content (AvgIpc) is 2.91. The molecule has 0 N–H and O–H groups in total. The fourth-order valence-corrected chi connectivity index (χ4v) is 7.09. The van der Waals surface area contributed by atoms with Gasteiger partial charge in [-0.1, -0.05) is 0 Å². The number of halogens is 2. The van der Waals surface area contributed by atoms with Crippen LogP contribution in [0.1, 0.15) is 12.8 Å². The molecule has 0 radical (unpaired) electrons. The maximum Gasteiger partial charge on any atom is 4.00 e. The average molecular weight is 493 g/mol. The second kappa shape index (κ2) is 11.3. The Kier molecular flexibility index (Phi) is 14.4. The van der Waals surface area contributed by atoms with E-state index in [9.17, 15) is 0 Å². The first-order valence-electron chi connectivity index (χ1n) is 6.77. The number of hydrogen-bond donors (Lipinski definition) is 0. The molecule has 0 atom stereocenters. The molecular formula is C16H26F2Ge2Zr. The van der Waals surface area contributed by atoms with Gasteiger partial charge in [0, 0.05) is 0 Å². The fourth-order valence-electron chi connectivity index (χ4n) is 1.84. The van der Waals surface area contributed by atoms with Crippen LogP contribution in [-0.2, 0) is 26.2 Å². The van der Waals surface area contributed by atoms with Gasteiger partial charge < -0.3 is 9.41 Å². The molecule has 0 fully saturated rings. The third-order valence-corrected chi connectivity index (χ3v) is 11.2. The Morgan fingerprint density at radius 3 is 1.10 bits per heavy atom. The van der Waals surface area contributed by atoms with Crippen LogP contribution in [0.25, 0.3) is 0 Å². The Labute approximate surface area is 153 Å². The predicted molar refractivity (Wildman–Crippen MR) is 87.7 cm³/mol. The van der Waals surface area contributed by atoms with E-state index in [0.717, 1.165) is 12.8 Å². The van der Waals surface area contributed by atoms with Crippen LogP contribution in [-0.4, -0.2) is 26.5 Å². The first-order chi connectivity index (χ1) is 8.21. The van der Waals surface area contributed by atoms with Crippen molar-refractivity contribution in [3.05, 3.63) is 45.3 Å². The molecule has 0 aliphatic heterocycles. The van der Waals surface area contributed by atoms with Crippen molar-refractivity contribution >= 4 is 26.5 Å². The third-order valence-electron chi connectivity index (χ3n) is 3.01. The van der Waals surface area contributed by atoms with E-state index in [1.165, 1.54) is 8.81 Å². The van der Waals surface area contributed by atoms with Gasteiger partial charge in [0.25, 0.3) is 0 Å². The van der Waals surface area contributed by atoms with Crippen molar-refractivity contribution in [3.8, 4) is 0 Å². The second-order valence-electron chi connectivity index (χ2n) is 6.89. The first-order valence-corrected chi connectivity index (χ1v) is 21.5. The minimum Gasteiger partial charge on any atom is -1.00 e. The molecule has 2 aliphatic rings. The van der Waals surface area contributed by atoms with Gasteiger partial charge in [-0.25, -0.2) is 0 Å². The van der Waals surface area contributed by atoms with E-state index in [0.29, 0.717) is 0 Å². The van der Waals surface area contributed by atoms with E-state index < -0.39 is 26.5 Å². The summed E-state index contributed by atoms with van der Waals surface area (Å²) in [4.78, 5) is 0. The molecule has 0 aromatic heterocycles. The van der Waals surface area contributed by atoms with E-state index in [-0.39, 0.29) is 35.6 Å². The van der Waals surface area contributed by atoms with E-state index in [1.54, 1.807) is 0 Å². The van der Waals surface area contributed by atoms with Gasteiger partial charge in [0.15, 0.2) is 0 Å². The van der Waals surface area contributed by atoms with Crippen molar-refractivity contribution in [1.82, 2.24) is 0 Å². The molecular weight excluding hydrogens is 467 g/mol. The molecule has 2 rings (SSSR count). The van der Waals surface area contributed by atoms with E-state index in [1.807, 2.05) is 0 Å². The molecule has 0 aromatic rings. The van der Waals surface area contributed by atoms with Crippen molar-refractivity contribution in [2.24, 2.45) is 0 Å². The summed E-state index contributed by atoms with van der Waals surface area (Å²) < 4.78 is 3.07. The quantitative estimate of drug-likeness (QED) is 0.347. The molecule has 0 nitrogen and oxygen atoms in total. The van der Waals surface area contributed by atoms with E-state index >= 15 is 0 Å². The van der Waals surface area contributed by atoms with Crippen molar-refractivity contribution in [1.29, 1.82) is 0 Å². The van der Waals surface area contributed by atoms with Crippen molar-refractivity contribution in [2.75, 3.05) is 0 Å². The zero-order valence-corrected chi connectivity index (χ0v) is 20.6. The number of allylic oxidation sites excluding steroid dienone is 8. The molecule has 5 heteroatoms. The van der Waals surface area contributed by atoms with Gasteiger partial charge in [-0.05, 0) is 0 Å². The van der Waals surface area contributed by atoms with Crippen LogP contribution in [0.15, 0.2) is 33.1 Å². The molecule has 0 bridgehead atoms. The van der Waals surface area contributed by atoms with E-state index in [2.05, 4.69) is 71.0 Å². The maximum absolute atomic E-state index is 3.39. The minimum atomic E-state index is -1.46. The summed E-state index contributed by atoms with van der Waals surface area (Å²) in [6.45, 7) is 0. The standard InChI is InChI=1S/2C8H13Ge.2FH.Zr/c2*1-9(2,3)8-6-4-5-7-8;;;/h2*4,6H,5H2,1-3H3;2*1H;/q2*-1;;;+4/p-2. The number of rotatable bonds is 2. The molecule has 0 amide bonds. The van der Waals surface area contributed by atoms with Crippen LogP contribution in [0.2, 0.25) is 34.5 Å². The predicted octanol–water partition coefficient (Wildman–Crippen LogP) is -0.888. The minimum absolute atomic E-state index is 0. The molecule has 2 aliphatic carbocycles. The molecule has 0 saturated heterocycles. The Morgan fingerprint density at radius 2 is 1.00 bits per heavy atom. The molecule has 0 saturated carbocycles. The molecule has 116 valence electrons. The van der Waals surface area contributed by atoms with Gasteiger partial charge in [0.1, 0.15) is 0 Å². The molecule has 0 aromatic carbocycles. The van der Waals surface area contributed by atoms with Crippen molar-refractivity contribution in [2.45, 2.75) is 47.4 Å². The molecule has 21 heavy (non-hydrogen) atoms. The first kappa shape index (κ1) is 26.7. The Bertz CT molecular complexity index is 371. The smallest absolute Gasteiger partial charge is 1.00 e. The normalized spacial score (nSPS) is 15.7. The summed E-state index contributed by atoms with van der Waals surface area (Å²) in [7, 11) is 0. The van der Waals surface area contributed by atoms with Gasteiger partial charge in [-0.2, -0.15) is 0 Å². The number of hydrogen-bond acceptors (Lipinski definition) is 0. The van der Waals surface area contributed by atoms with Crippen LogP contribution >= 0.6 is 0 Å². The zero-order chi connectivity index (χ0) is 13.8. The van der Waals surface area contributed by atoms with Crippen LogP contribution < -0.4 is 9.41 Å². The Hall–Kier alpha value is 0.789. The van der Waals surface area contributed by atoms with Gasteiger partial charge in [0.2, 0.25) is 0 Å². The van der Waals surface area contributed by atoms with Gasteiger partial charge in [0.05, 0.1) is 0 Å². The molecule has 0 unspecified atom stereocenters. The van der Waals surface area contributed by atoms with Gasteiger partial charge >= 0.3 is 145 Å². The summed E-state index contributed by atoms with van der Waals surface area (Å²) in [5, 5.41) is 0. The largest absolute Gasteiger partial charge is 4.00 e. The van der Waals surface area contributed by atoms with Crippen molar-refractivity contribution < 1.29 is 35.6 Å². The fraction of sp³-hybridized carbons (Fsp3) is 0.500. The third kappa shape index (κ3) is 10.2. The molecule has 0 heterocycles. The van der Waals surface area contributed by atoms with Crippen LogP contribution in [0.4, 0.5) is 0 Å².